The van der Waals surface area contributed by atoms with Crippen LogP contribution in [-0.2, 0) is 10.3 Å². The smallest absolute Gasteiger partial charge is 0.236 e. The van der Waals surface area contributed by atoms with Crippen LogP contribution in [0.5, 0.6) is 11.5 Å². The van der Waals surface area contributed by atoms with Crippen LogP contribution < -0.4 is 15.6 Å². The van der Waals surface area contributed by atoms with E-state index >= 15 is 0 Å². The first-order valence-electron chi connectivity index (χ1n) is 6.66. The van der Waals surface area contributed by atoms with E-state index in [9.17, 15) is 4.79 Å². The third-order valence-corrected chi connectivity index (χ3v) is 4.20. The minimum atomic E-state index is -0.372. The largest absolute Gasteiger partial charge is 0.456 e. The van der Waals surface area contributed by atoms with E-state index in [1.54, 1.807) is 0 Å². The fraction of sp³-hybridized carbons (Fsp3) is 0.188. The highest BCUT2D eigenvalue weighted by Crippen LogP contribution is 2.32. The van der Waals surface area contributed by atoms with Gasteiger partial charge in [-0.1, -0.05) is 24.3 Å². The first kappa shape index (κ1) is 14.1. The molecular formula is C16H15BrN2O2. The Balaban J connectivity index is 1.79. The van der Waals surface area contributed by atoms with Crippen molar-refractivity contribution in [3.8, 4) is 11.5 Å². The molecule has 3 rings (SSSR count). The number of carbonyl (C=O) groups is 1. The highest BCUT2D eigenvalue weighted by molar-refractivity contribution is 9.10. The second kappa shape index (κ2) is 5.50. The number of hydrogen-bond acceptors (Lipinski definition) is 3. The van der Waals surface area contributed by atoms with Gasteiger partial charge in [0.15, 0.2) is 0 Å². The van der Waals surface area contributed by atoms with Gasteiger partial charge in [0.25, 0.3) is 0 Å². The van der Waals surface area contributed by atoms with Crippen molar-refractivity contribution < 1.29 is 9.53 Å². The molecule has 0 radical (unpaired) electrons. The molecule has 2 aromatic carbocycles. The molecular weight excluding hydrogens is 332 g/mol. The van der Waals surface area contributed by atoms with Gasteiger partial charge in [0.05, 0.1) is 16.4 Å². The van der Waals surface area contributed by atoms with E-state index in [4.69, 9.17) is 4.74 Å². The predicted molar refractivity (Wildman–Crippen MR) is 83.9 cm³/mol. The normalized spacial score (nSPS) is 21.1. The van der Waals surface area contributed by atoms with Gasteiger partial charge in [-0.05, 0) is 52.7 Å². The van der Waals surface area contributed by atoms with Gasteiger partial charge < -0.3 is 4.74 Å². The maximum absolute atomic E-state index is 11.4. The molecule has 0 spiro atoms. The fourth-order valence-electron chi connectivity index (χ4n) is 2.34. The van der Waals surface area contributed by atoms with Crippen LogP contribution in [0.25, 0.3) is 0 Å². The van der Waals surface area contributed by atoms with Crippen LogP contribution in [0, 0.1) is 0 Å². The van der Waals surface area contributed by atoms with Gasteiger partial charge in [-0.15, -0.1) is 0 Å². The molecule has 0 aliphatic carbocycles. The Morgan fingerprint density at radius 2 is 1.86 bits per heavy atom. The van der Waals surface area contributed by atoms with Crippen LogP contribution in [0.1, 0.15) is 18.9 Å². The standard InChI is InChI=1S/C16H15BrN2O2/c1-16(10-15(20)18-19-16)11-6-8-12(9-7-11)21-14-5-3-2-4-13(14)17/h2-9,19H,10H2,1H3,(H,18,20). The van der Waals surface area contributed by atoms with E-state index in [0.29, 0.717) is 6.42 Å². The molecule has 1 aliphatic heterocycles. The molecule has 1 fully saturated rings. The maximum Gasteiger partial charge on any atom is 0.236 e. The second-order valence-electron chi connectivity index (χ2n) is 5.24. The number of para-hydroxylation sites is 1. The fourth-order valence-corrected chi connectivity index (χ4v) is 2.70. The van der Waals surface area contributed by atoms with Crippen LogP contribution >= 0.6 is 15.9 Å². The Hall–Kier alpha value is -1.85. The van der Waals surface area contributed by atoms with E-state index in [1.807, 2.05) is 55.5 Å². The van der Waals surface area contributed by atoms with E-state index < -0.39 is 0 Å². The van der Waals surface area contributed by atoms with Crippen molar-refractivity contribution in [3.05, 3.63) is 58.6 Å². The van der Waals surface area contributed by atoms with Crippen molar-refractivity contribution in [2.75, 3.05) is 0 Å². The SMILES string of the molecule is CC1(c2ccc(Oc3ccccc3Br)cc2)CC(=O)NN1. The van der Waals surface area contributed by atoms with Gasteiger partial charge in [-0.3, -0.25) is 10.2 Å². The first-order valence-corrected chi connectivity index (χ1v) is 7.45. The first-order chi connectivity index (χ1) is 10.1. The zero-order valence-corrected chi connectivity index (χ0v) is 13.1. The van der Waals surface area contributed by atoms with E-state index in [-0.39, 0.29) is 11.4 Å². The van der Waals surface area contributed by atoms with Crippen molar-refractivity contribution in [3.63, 3.8) is 0 Å². The molecule has 0 saturated carbocycles. The molecule has 1 amide bonds. The Labute approximate surface area is 131 Å². The number of amides is 1. The Morgan fingerprint density at radius 3 is 2.48 bits per heavy atom. The molecule has 1 saturated heterocycles. The summed E-state index contributed by atoms with van der Waals surface area (Å²) in [7, 11) is 0. The zero-order valence-electron chi connectivity index (χ0n) is 11.5. The molecule has 0 bridgehead atoms. The summed E-state index contributed by atoms with van der Waals surface area (Å²) in [6, 6.07) is 15.5. The van der Waals surface area contributed by atoms with Gasteiger partial charge in [0.2, 0.25) is 5.91 Å². The molecule has 1 heterocycles. The van der Waals surface area contributed by atoms with Gasteiger partial charge in [-0.2, -0.15) is 0 Å². The van der Waals surface area contributed by atoms with Crippen molar-refractivity contribution >= 4 is 21.8 Å². The number of hydrogen-bond donors (Lipinski definition) is 2. The van der Waals surface area contributed by atoms with E-state index in [0.717, 1.165) is 21.5 Å². The number of benzene rings is 2. The summed E-state index contributed by atoms with van der Waals surface area (Å²) in [5.74, 6) is 1.53. The Morgan fingerprint density at radius 1 is 1.14 bits per heavy atom. The minimum Gasteiger partial charge on any atom is -0.456 e. The number of nitrogens with one attached hydrogen (secondary N) is 2. The number of hydrazine groups is 1. The lowest BCUT2D eigenvalue weighted by Gasteiger charge is -2.22. The highest BCUT2D eigenvalue weighted by atomic mass is 79.9. The van der Waals surface area contributed by atoms with E-state index in [2.05, 4.69) is 26.8 Å². The average molecular weight is 347 g/mol. The molecule has 5 heteroatoms. The van der Waals surface area contributed by atoms with Crippen LogP contribution in [0.3, 0.4) is 0 Å². The molecule has 1 atom stereocenters. The number of ether oxygens (including phenoxy) is 1. The van der Waals surface area contributed by atoms with Crippen molar-refractivity contribution in [1.29, 1.82) is 0 Å². The summed E-state index contributed by atoms with van der Waals surface area (Å²) >= 11 is 3.46. The summed E-state index contributed by atoms with van der Waals surface area (Å²) in [6.07, 6.45) is 0.428. The lowest BCUT2D eigenvalue weighted by atomic mass is 9.90. The average Bonchev–Trinajstić information content (AvgIpc) is 2.83. The minimum absolute atomic E-state index is 0.00560. The third-order valence-electron chi connectivity index (χ3n) is 3.55. The van der Waals surface area contributed by atoms with Crippen LogP contribution in [-0.4, -0.2) is 5.91 Å². The lowest BCUT2D eigenvalue weighted by molar-refractivity contribution is -0.119. The van der Waals surface area contributed by atoms with E-state index in [1.165, 1.54) is 0 Å². The van der Waals surface area contributed by atoms with Gasteiger partial charge in [0, 0.05) is 0 Å². The summed E-state index contributed by atoms with van der Waals surface area (Å²) in [6.45, 7) is 1.99. The van der Waals surface area contributed by atoms with Crippen molar-refractivity contribution in [2.24, 2.45) is 0 Å². The molecule has 1 unspecified atom stereocenters. The van der Waals surface area contributed by atoms with Crippen LogP contribution in [0.15, 0.2) is 53.0 Å². The maximum atomic E-state index is 11.4. The van der Waals surface area contributed by atoms with Gasteiger partial charge >= 0.3 is 0 Å². The summed E-state index contributed by atoms with van der Waals surface area (Å²) in [5, 5.41) is 0. The third kappa shape index (κ3) is 2.94. The summed E-state index contributed by atoms with van der Waals surface area (Å²) in [4.78, 5) is 11.4. The summed E-state index contributed by atoms with van der Waals surface area (Å²) in [5.41, 5.74) is 6.34. The summed E-state index contributed by atoms with van der Waals surface area (Å²) < 4.78 is 6.74. The number of halogens is 1. The lowest BCUT2D eigenvalue weighted by Crippen LogP contribution is -2.38. The molecule has 0 aromatic heterocycles. The Bertz CT molecular complexity index is 672. The Kier molecular flexibility index (Phi) is 3.69. The molecule has 2 N–H and O–H groups in total. The van der Waals surface area contributed by atoms with Crippen molar-refractivity contribution in [1.82, 2.24) is 10.9 Å². The zero-order chi connectivity index (χ0) is 14.9. The number of carbonyl (C=O) groups excluding carboxylic acids is 1. The monoisotopic (exact) mass is 346 g/mol. The predicted octanol–water partition coefficient (Wildman–Crippen LogP) is 3.48. The van der Waals surface area contributed by atoms with Gasteiger partial charge in [0.1, 0.15) is 11.5 Å². The number of rotatable bonds is 3. The van der Waals surface area contributed by atoms with Crippen LogP contribution in [0.2, 0.25) is 0 Å². The molecule has 1 aliphatic rings. The molecule has 21 heavy (non-hydrogen) atoms. The quantitative estimate of drug-likeness (QED) is 0.894. The molecule has 108 valence electrons. The highest BCUT2D eigenvalue weighted by Gasteiger charge is 2.35. The van der Waals surface area contributed by atoms with Crippen molar-refractivity contribution in [2.45, 2.75) is 18.9 Å². The molecule has 4 nitrogen and oxygen atoms in total. The molecule has 2 aromatic rings. The van der Waals surface area contributed by atoms with Gasteiger partial charge in [-0.25, -0.2) is 5.43 Å². The van der Waals surface area contributed by atoms with Crippen LogP contribution in [0.4, 0.5) is 0 Å². The topological polar surface area (TPSA) is 50.4 Å². The second-order valence-corrected chi connectivity index (χ2v) is 6.09.